The van der Waals surface area contributed by atoms with Crippen LogP contribution in [0, 0.1) is 0 Å². The molecule has 0 saturated carbocycles. The second-order valence-corrected chi connectivity index (χ2v) is 6.42. The number of esters is 1. The number of hydrogen-bond donors (Lipinski definition) is 1. The third-order valence-electron chi connectivity index (χ3n) is 4.51. The first-order valence-electron chi connectivity index (χ1n) is 9.09. The summed E-state index contributed by atoms with van der Waals surface area (Å²) in [5.74, 6) is 0.372. The van der Waals surface area contributed by atoms with E-state index in [-0.39, 0.29) is 12.5 Å². The van der Waals surface area contributed by atoms with Crippen LogP contribution in [0.15, 0.2) is 36.7 Å². The Hall–Kier alpha value is -2.87. The normalized spacial score (nSPS) is 14.8. The molecule has 3 rings (SSSR count). The van der Waals surface area contributed by atoms with Crippen molar-refractivity contribution in [2.24, 2.45) is 7.05 Å². The molecule has 0 bridgehead atoms. The van der Waals surface area contributed by atoms with Crippen LogP contribution in [0.4, 0.5) is 11.6 Å². The number of carbonyl (C=O) groups excluding carboxylic acids is 2. The molecule has 1 amide bonds. The Labute approximate surface area is 158 Å². The molecule has 0 radical (unpaired) electrons. The van der Waals surface area contributed by atoms with Crippen LogP contribution in [0.5, 0.6) is 0 Å². The van der Waals surface area contributed by atoms with E-state index in [1.807, 2.05) is 17.8 Å². The summed E-state index contributed by atoms with van der Waals surface area (Å²) in [6.07, 6.45) is 3.71. The minimum atomic E-state index is -0.433. The summed E-state index contributed by atoms with van der Waals surface area (Å²) < 4.78 is 7.04. The van der Waals surface area contributed by atoms with Gasteiger partial charge in [0.1, 0.15) is 0 Å². The highest BCUT2D eigenvalue weighted by molar-refractivity contribution is 6.01. The van der Waals surface area contributed by atoms with Crippen molar-refractivity contribution in [2.75, 3.05) is 49.5 Å². The Bertz CT molecular complexity index is 796. The van der Waals surface area contributed by atoms with Crippen LogP contribution in [0.25, 0.3) is 0 Å². The minimum absolute atomic E-state index is 0.141. The number of nitrogens with one attached hydrogen (secondary N) is 1. The van der Waals surface area contributed by atoms with Crippen LogP contribution in [0.3, 0.4) is 0 Å². The largest absolute Gasteiger partial charge is 0.462 e. The van der Waals surface area contributed by atoms with Gasteiger partial charge in [-0.3, -0.25) is 9.69 Å². The molecule has 1 aromatic carbocycles. The fourth-order valence-corrected chi connectivity index (χ4v) is 3.14. The lowest BCUT2D eigenvalue weighted by atomic mass is 10.2. The number of aryl methyl sites for hydroxylation is 1. The number of imidazole rings is 1. The van der Waals surface area contributed by atoms with Gasteiger partial charge in [-0.15, -0.1) is 0 Å². The van der Waals surface area contributed by atoms with Gasteiger partial charge in [0.25, 0.3) is 0 Å². The van der Waals surface area contributed by atoms with E-state index < -0.39 is 5.97 Å². The van der Waals surface area contributed by atoms with Crippen LogP contribution in [0.2, 0.25) is 0 Å². The van der Waals surface area contributed by atoms with Crippen molar-refractivity contribution in [3.8, 4) is 0 Å². The molecule has 8 heteroatoms. The second kappa shape index (κ2) is 8.68. The first kappa shape index (κ1) is 18.9. The van der Waals surface area contributed by atoms with Crippen molar-refractivity contribution in [3.63, 3.8) is 0 Å². The van der Waals surface area contributed by atoms with Gasteiger partial charge in [-0.1, -0.05) is 12.1 Å². The van der Waals surface area contributed by atoms with Crippen LogP contribution in [-0.2, 0) is 16.6 Å². The molecule has 0 atom stereocenters. The van der Waals surface area contributed by atoms with Gasteiger partial charge in [0.05, 0.1) is 24.4 Å². The van der Waals surface area contributed by atoms with Crippen LogP contribution in [-0.4, -0.2) is 65.7 Å². The monoisotopic (exact) mass is 371 g/mol. The predicted molar refractivity (Wildman–Crippen MR) is 103 cm³/mol. The highest BCUT2D eigenvalue weighted by Crippen LogP contribution is 2.17. The molecule has 1 saturated heterocycles. The average Bonchev–Trinajstić information content (AvgIpc) is 3.09. The van der Waals surface area contributed by atoms with Gasteiger partial charge in [-0.05, 0) is 19.1 Å². The summed E-state index contributed by atoms with van der Waals surface area (Å²) in [7, 11) is 1.98. The first-order valence-corrected chi connectivity index (χ1v) is 9.09. The molecular formula is C19H25N5O3. The van der Waals surface area contributed by atoms with Crippen molar-refractivity contribution in [2.45, 2.75) is 6.92 Å². The van der Waals surface area contributed by atoms with Gasteiger partial charge in [-0.25, -0.2) is 9.78 Å². The summed E-state index contributed by atoms with van der Waals surface area (Å²) in [4.78, 5) is 33.1. The molecule has 1 N–H and O–H groups in total. The average molecular weight is 371 g/mol. The predicted octanol–water partition coefficient (Wildman–Crippen LogP) is 1.36. The van der Waals surface area contributed by atoms with Crippen LogP contribution in [0.1, 0.15) is 17.3 Å². The Morgan fingerprint density at radius 2 is 1.93 bits per heavy atom. The van der Waals surface area contributed by atoms with Gasteiger partial charge in [0.2, 0.25) is 11.9 Å². The second-order valence-electron chi connectivity index (χ2n) is 6.42. The Kier molecular flexibility index (Phi) is 6.08. The number of aromatic nitrogens is 2. The number of benzene rings is 1. The third-order valence-corrected chi connectivity index (χ3v) is 4.51. The molecule has 1 fully saturated rings. The van der Waals surface area contributed by atoms with E-state index in [1.54, 1.807) is 37.4 Å². The van der Waals surface area contributed by atoms with Crippen molar-refractivity contribution in [1.82, 2.24) is 14.5 Å². The quantitative estimate of drug-likeness (QED) is 0.773. The zero-order chi connectivity index (χ0) is 19.2. The molecule has 1 aliphatic heterocycles. The number of amides is 1. The van der Waals surface area contributed by atoms with Crippen molar-refractivity contribution in [3.05, 3.63) is 42.2 Å². The Morgan fingerprint density at radius 1 is 1.19 bits per heavy atom. The number of hydrogen-bond acceptors (Lipinski definition) is 6. The molecule has 0 unspecified atom stereocenters. The van der Waals surface area contributed by atoms with Crippen LogP contribution < -0.4 is 10.2 Å². The lowest BCUT2D eigenvalue weighted by Gasteiger charge is -2.34. The van der Waals surface area contributed by atoms with E-state index >= 15 is 0 Å². The summed E-state index contributed by atoms with van der Waals surface area (Å²) >= 11 is 0. The van der Waals surface area contributed by atoms with Gasteiger partial charge >= 0.3 is 5.97 Å². The van der Waals surface area contributed by atoms with Crippen molar-refractivity contribution >= 4 is 23.5 Å². The molecule has 144 valence electrons. The van der Waals surface area contributed by atoms with Gasteiger partial charge in [0, 0.05) is 45.6 Å². The molecule has 1 aromatic heterocycles. The van der Waals surface area contributed by atoms with E-state index in [1.165, 1.54) is 0 Å². The van der Waals surface area contributed by atoms with E-state index in [0.29, 0.717) is 17.9 Å². The topological polar surface area (TPSA) is 79.7 Å². The van der Waals surface area contributed by atoms with E-state index in [2.05, 4.69) is 20.1 Å². The molecule has 1 aliphatic rings. The van der Waals surface area contributed by atoms with E-state index in [0.717, 1.165) is 32.1 Å². The maximum atomic E-state index is 12.4. The fourth-order valence-electron chi connectivity index (χ4n) is 3.14. The summed E-state index contributed by atoms with van der Waals surface area (Å²) in [5, 5.41) is 2.83. The number of anilines is 2. The lowest BCUT2D eigenvalue weighted by molar-refractivity contribution is -0.117. The van der Waals surface area contributed by atoms with Crippen molar-refractivity contribution in [1.29, 1.82) is 0 Å². The Balaban J connectivity index is 1.54. The molecule has 0 aliphatic carbocycles. The number of carbonyl (C=O) groups is 2. The van der Waals surface area contributed by atoms with Gasteiger partial charge in [-0.2, -0.15) is 0 Å². The highest BCUT2D eigenvalue weighted by Gasteiger charge is 2.22. The summed E-state index contributed by atoms with van der Waals surface area (Å²) in [6, 6.07) is 6.89. The third kappa shape index (κ3) is 4.65. The molecule has 8 nitrogen and oxygen atoms in total. The number of para-hydroxylation sites is 1. The van der Waals surface area contributed by atoms with Gasteiger partial charge in [0.15, 0.2) is 0 Å². The van der Waals surface area contributed by atoms with Gasteiger partial charge < -0.3 is 19.5 Å². The van der Waals surface area contributed by atoms with E-state index in [4.69, 9.17) is 4.74 Å². The Morgan fingerprint density at radius 3 is 2.59 bits per heavy atom. The molecule has 2 aromatic rings. The number of rotatable bonds is 6. The zero-order valence-corrected chi connectivity index (χ0v) is 15.7. The smallest absolute Gasteiger partial charge is 0.340 e. The van der Waals surface area contributed by atoms with Crippen LogP contribution >= 0.6 is 0 Å². The molecule has 2 heterocycles. The fraction of sp³-hybridized carbons (Fsp3) is 0.421. The zero-order valence-electron chi connectivity index (χ0n) is 15.7. The summed E-state index contributed by atoms with van der Waals surface area (Å²) in [5.41, 5.74) is 0.847. The molecular weight excluding hydrogens is 346 g/mol. The summed E-state index contributed by atoms with van der Waals surface area (Å²) in [6.45, 7) is 5.52. The number of nitrogens with zero attached hydrogens (tertiary/aromatic N) is 4. The van der Waals surface area contributed by atoms with Crippen molar-refractivity contribution < 1.29 is 14.3 Å². The highest BCUT2D eigenvalue weighted by atomic mass is 16.5. The number of piperazine rings is 1. The first-order chi connectivity index (χ1) is 13.1. The number of ether oxygens (including phenoxy) is 1. The SMILES string of the molecule is CCOC(=O)c1ccccc1NC(=O)CN1CCN(c2nccn2C)CC1. The standard InChI is InChI=1S/C19H25N5O3/c1-3-27-18(26)15-6-4-5-7-16(15)21-17(25)14-23-10-12-24(13-11-23)19-20-8-9-22(19)2/h4-9H,3,10-14H2,1-2H3,(H,21,25). The van der Waals surface area contributed by atoms with E-state index in [9.17, 15) is 9.59 Å². The maximum absolute atomic E-state index is 12.4. The molecule has 0 spiro atoms. The maximum Gasteiger partial charge on any atom is 0.340 e. The lowest BCUT2D eigenvalue weighted by Crippen LogP contribution is -2.49. The minimum Gasteiger partial charge on any atom is -0.462 e. The molecule has 27 heavy (non-hydrogen) atoms.